The predicted octanol–water partition coefficient (Wildman–Crippen LogP) is 1.62. The lowest BCUT2D eigenvalue weighted by Crippen LogP contribution is -2.39. The SMILES string of the molecule is O=C(O)C1CCN(C(=O)NCCCS(=O)(=O)c2ccc(Cl)cc2)C1. The topological polar surface area (TPSA) is 104 Å². The molecule has 2 amide bonds. The van der Waals surface area contributed by atoms with E-state index in [4.69, 9.17) is 16.7 Å². The van der Waals surface area contributed by atoms with Crippen LogP contribution in [-0.2, 0) is 14.6 Å². The van der Waals surface area contributed by atoms with Gasteiger partial charge in [-0.05, 0) is 37.1 Å². The second-order valence-corrected chi connectivity index (χ2v) is 8.17. The average molecular weight is 375 g/mol. The van der Waals surface area contributed by atoms with E-state index in [2.05, 4.69) is 5.32 Å². The molecule has 1 aliphatic heterocycles. The van der Waals surface area contributed by atoms with Crippen LogP contribution < -0.4 is 5.32 Å². The van der Waals surface area contributed by atoms with Crippen LogP contribution in [0.3, 0.4) is 0 Å². The van der Waals surface area contributed by atoms with Crippen molar-refractivity contribution in [3.8, 4) is 0 Å². The standard InChI is InChI=1S/C15H19ClN2O5S/c16-12-2-4-13(5-3-12)24(22,23)9-1-7-17-15(21)18-8-6-11(10-18)14(19)20/h2-5,11H,1,6-10H2,(H,17,21)(H,19,20). The van der Waals surface area contributed by atoms with Gasteiger partial charge >= 0.3 is 12.0 Å². The smallest absolute Gasteiger partial charge is 0.317 e. The maximum atomic E-state index is 12.1. The minimum Gasteiger partial charge on any atom is -0.481 e. The summed E-state index contributed by atoms with van der Waals surface area (Å²) in [7, 11) is -3.42. The van der Waals surface area contributed by atoms with E-state index >= 15 is 0 Å². The first-order chi connectivity index (χ1) is 11.3. The molecule has 0 bridgehead atoms. The molecular weight excluding hydrogens is 356 g/mol. The number of aliphatic carboxylic acids is 1. The van der Waals surface area contributed by atoms with E-state index in [-0.39, 0.29) is 36.2 Å². The third-order valence-electron chi connectivity index (χ3n) is 3.86. The van der Waals surface area contributed by atoms with Crippen molar-refractivity contribution < 1.29 is 23.1 Å². The monoisotopic (exact) mass is 374 g/mol. The average Bonchev–Trinajstić information content (AvgIpc) is 3.02. The Kier molecular flexibility index (Phi) is 6.06. The van der Waals surface area contributed by atoms with Crippen LogP contribution in [0.1, 0.15) is 12.8 Å². The number of hydrogen-bond acceptors (Lipinski definition) is 4. The molecule has 1 saturated heterocycles. The van der Waals surface area contributed by atoms with Gasteiger partial charge in [0.05, 0.1) is 16.6 Å². The number of rotatable bonds is 6. The largest absolute Gasteiger partial charge is 0.481 e. The number of likely N-dealkylation sites (tertiary alicyclic amines) is 1. The van der Waals surface area contributed by atoms with Crippen molar-refractivity contribution in [1.29, 1.82) is 0 Å². The molecule has 7 nitrogen and oxygen atoms in total. The third-order valence-corrected chi connectivity index (χ3v) is 5.93. The molecular formula is C15H19ClN2O5S. The van der Waals surface area contributed by atoms with Crippen LogP contribution >= 0.6 is 11.6 Å². The summed E-state index contributed by atoms with van der Waals surface area (Å²) in [6.45, 7) is 0.788. The van der Waals surface area contributed by atoms with Crippen molar-refractivity contribution in [2.24, 2.45) is 5.92 Å². The molecule has 24 heavy (non-hydrogen) atoms. The van der Waals surface area contributed by atoms with Crippen molar-refractivity contribution in [1.82, 2.24) is 10.2 Å². The molecule has 1 aliphatic rings. The fraction of sp³-hybridized carbons (Fsp3) is 0.467. The molecule has 0 saturated carbocycles. The Hall–Kier alpha value is -1.80. The maximum Gasteiger partial charge on any atom is 0.317 e. The second kappa shape index (κ2) is 7.85. The summed E-state index contributed by atoms with van der Waals surface area (Å²) < 4.78 is 24.3. The van der Waals surface area contributed by atoms with Gasteiger partial charge in [0.15, 0.2) is 9.84 Å². The Morgan fingerprint density at radius 1 is 1.29 bits per heavy atom. The fourth-order valence-electron chi connectivity index (χ4n) is 2.48. The van der Waals surface area contributed by atoms with Crippen LogP contribution in [0.4, 0.5) is 4.79 Å². The summed E-state index contributed by atoms with van der Waals surface area (Å²) in [5.41, 5.74) is 0. The van der Waals surface area contributed by atoms with E-state index in [0.717, 1.165) is 0 Å². The molecule has 1 unspecified atom stereocenters. The molecule has 1 atom stereocenters. The summed E-state index contributed by atoms with van der Waals surface area (Å²) in [6, 6.07) is 5.58. The number of sulfone groups is 1. The van der Waals surface area contributed by atoms with Crippen molar-refractivity contribution in [3.05, 3.63) is 29.3 Å². The molecule has 1 aromatic rings. The van der Waals surface area contributed by atoms with Crippen LogP contribution in [0.2, 0.25) is 5.02 Å². The van der Waals surface area contributed by atoms with E-state index in [1.165, 1.54) is 29.2 Å². The van der Waals surface area contributed by atoms with Crippen molar-refractivity contribution in [2.75, 3.05) is 25.4 Å². The number of carbonyl (C=O) groups excluding carboxylic acids is 1. The number of urea groups is 1. The lowest BCUT2D eigenvalue weighted by Gasteiger charge is -2.16. The molecule has 132 valence electrons. The zero-order valence-electron chi connectivity index (χ0n) is 12.9. The molecule has 0 radical (unpaired) electrons. The number of halogens is 1. The Balaban J connectivity index is 1.75. The first-order valence-electron chi connectivity index (χ1n) is 7.53. The van der Waals surface area contributed by atoms with E-state index in [1.807, 2.05) is 0 Å². The van der Waals surface area contributed by atoms with E-state index in [9.17, 15) is 18.0 Å². The number of carboxylic acids is 1. The Morgan fingerprint density at radius 3 is 2.54 bits per heavy atom. The highest BCUT2D eigenvalue weighted by atomic mass is 35.5. The number of carboxylic acid groups (broad SMARTS) is 1. The van der Waals surface area contributed by atoms with Gasteiger partial charge in [-0.1, -0.05) is 11.6 Å². The third kappa shape index (κ3) is 4.85. The van der Waals surface area contributed by atoms with Crippen molar-refractivity contribution >= 4 is 33.4 Å². The summed E-state index contributed by atoms with van der Waals surface area (Å²) in [5, 5.41) is 12.0. The first-order valence-corrected chi connectivity index (χ1v) is 9.56. The van der Waals surface area contributed by atoms with Gasteiger partial charge in [0.25, 0.3) is 0 Å². The van der Waals surface area contributed by atoms with Crippen LogP contribution in [0.25, 0.3) is 0 Å². The van der Waals surface area contributed by atoms with E-state index in [1.54, 1.807) is 0 Å². The van der Waals surface area contributed by atoms with Crippen LogP contribution in [-0.4, -0.2) is 55.8 Å². The Labute approximate surface area is 145 Å². The quantitative estimate of drug-likeness (QED) is 0.736. The summed E-state index contributed by atoms with van der Waals surface area (Å²) in [5.74, 6) is -1.52. The number of benzene rings is 1. The van der Waals surface area contributed by atoms with E-state index < -0.39 is 21.7 Å². The highest BCUT2D eigenvalue weighted by Crippen LogP contribution is 2.17. The van der Waals surface area contributed by atoms with Gasteiger partial charge in [-0.3, -0.25) is 4.79 Å². The van der Waals surface area contributed by atoms with Gasteiger partial charge in [-0.15, -0.1) is 0 Å². The zero-order valence-corrected chi connectivity index (χ0v) is 14.5. The first kappa shape index (κ1) is 18.5. The lowest BCUT2D eigenvalue weighted by atomic mass is 10.1. The molecule has 0 spiro atoms. The van der Waals surface area contributed by atoms with Crippen LogP contribution in [0.15, 0.2) is 29.2 Å². The normalized spacial score (nSPS) is 17.7. The predicted molar refractivity (Wildman–Crippen MR) is 88.8 cm³/mol. The maximum absolute atomic E-state index is 12.1. The van der Waals surface area contributed by atoms with E-state index in [0.29, 0.717) is 18.0 Å². The van der Waals surface area contributed by atoms with Gasteiger partial charge in [0.1, 0.15) is 0 Å². The molecule has 0 aromatic heterocycles. The van der Waals surface area contributed by atoms with Crippen LogP contribution in [0.5, 0.6) is 0 Å². The molecule has 2 rings (SSSR count). The minimum absolute atomic E-state index is 0.0906. The van der Waals surface area contributed by atoms with Gasteiger partial charge in [0, 0.05) is 24.7 Å². The summed E-state index contributed by atoms with van der Waals surface area (Å²) in [6.07, 6.45) is 0.709. The van der Waals surface area contributed by atoms with Gasteiger partial charge in [-0.25, -0.2) is 13.2 Å². The molecule has 1 heterocycles. The number of nitrogens with one attached hydrogen (secondary N) is 1. The highest BCUT2D eigenvalue weighted by Gasteiger charge is 2.30. The molecule has 1 aromatic carbocycles. The van der Waals surface area contributed by atoms with Gasteiger partial charge in [0.2, 0.25) is 0 Å². The number of carbonyl (C=O) groups is 2. The number of hydrogen-bond donors (Lipinski definition) is 2. The minimum atomic E-state index is -3.42. The summed E-state index contributed by atoms with van der Waals surface area (Å²) in [4.78, 5) is 24.4. The molecule has 1 fully saturated rings. The molecule has 0 aliphatic carbocycles. The second-order valence-electron chi connectivity index (χ2n) is 5.63. The fourth-order valence-corrected chi connectivity index (χ4v) is 3.91. The van der Waals surface area contributed by atoms with Crippen molar-refractivity contribution in [3.63, 3.8) is 0 Å². The van der Waals surface area contributed by atoms with Crippen LogP contribution in [0, 0.1) is 5.92 Å². The highest BCUT2D eigenvalue weighted by molar-refractivity contribution is 7.91. The summed E-state index contributed by atoms with van der Waals surface area (Å²) >= 11 is 5.73. The van der Waals surface area contributed by atoms with Gasteiger partial charge < -0.3 is 15.3 Å². The molecule has 2 N–H and O–H groups in total. The number of nitrogens with zero attached hydrogens (tertiary/aromatic N) is 1. The Morgan fingerprint density at radius 2 is 1.96 bits per heavy atom. The lowest BCUT2D eigenvalue weighted by molar-refractivity contribution is -0.141. The van der Waals surface area contributed by atoms with Gasteiger partial charge in [-0.2, -0.15) is 0 Å². The molecule has 9 heteroatoms. The zero-order chi connectivity index (χ0) is 17.7. The van der Waals surface area contributed by atoms with Crippen molar-refractivity contribution in [2.45, 2.75) is 17.7 Å². The number of amides is 2. The Bertz CT molecular complexity index is 705.